The Balaban J connectivity index is 2.34. The van der Waals surface area contributed by atoms with Gasteiger partial charge >= 0.3 is 0 Å². The average molecular weight is 256 g/mol. The first-order chi connectivity index (χ1) is 8.06. The predicted octanol–water partition coefficient (Wildman–Crippen LogP) is 3.34. The largest absolute Gasteiger partial charge is 0.396 e. The number of nitrogen functional groups attached to an aromatic ring is 1. The number of rotatable bonds is 2. The third-order valence-corrected chi connectivity index (χ3v) is 2.27. The molecule has 3 nitrogen and oxygen atoms in total. The molecule has 1 aromatic carbocycles. The van der Waals surface area contributed by atoms with Crippen LogP contribution in [0.3, 0.4) is 0 Å². The molecule has 0 unspecified atom stereocenters. The second-order valence-electron chi connectivity index (χ2n) is 3.34. The van der Waals surface area contributed by atoms with Crippen molar-refractivity contribution in [1.29, 1.82) is 0 Å². The van der Waals surface area contributed by atoms with E-state index >= 15 is 0 Å². The lowest BCUT2D eigenvalue weighted by Crippen LogP contribution is -2.01. The summed E-state index contributed by atoms with van der Waals surface area (Å²) in [5, 5.41) is 2.97. The molecule has 1 aromatic heterocycles. The molecule has 0 fully saturated rings. The maximum atomic E-state index is 13.3. The van der Waals surface area contributed by atoms with Gasteiger partial charge in [-0.05, 0) is 18.2 Å². The minimum Gasteiger partial charge on any atom is -0.396 e. The van der Waals surface area contributed by atoms with E-state index in [9.17, 15) is 8.78 Å². The van der Waals surface area contributed by atoms with E-state index in [4.69, 9.17) is 17.3 Å². The van der Waals surface area contributed by atoms with Crippen molar-refractivity contribution in [1.82, 2.24) is 4.98 Å². The second-order valence-corrected chi connectivity index (χ2v) is 3.78. The Morgan fingerprint density at radius 2 is 2.00 bits per heavy atom. The summed E-state index contributed by atoms with van der Waals surface area (Å²) in [6.45, 7) is 0. The van der Waals surface area contributed by atoms with E-state index in [0.29, 0.717) is 5.02 Å². The summed E-state index contributed by atoms with van der Waals surface area (Å²) >= 11 is 5.67. The number of benzene rings is 1. The van der Waals surface area contributed by atoms with Crippen LogP contribution in [0.25, 0.3) is 0 Å². The van der Waals surface area contributed by atoms with Crippen LogP contribution >= 0.6 is 11.6 Å². The highest BCUT2D eigenvalue weighted by Crippen LogP contribution is 2.25. The van der Waals surface area contributed by atoms with Crippen LogP contribution in [0.5, 0.6) is 0 Å². The normalized spacial score (nSPS) is 10.3. The van der Waals surface area contributed by atoms with Gasteiger partial charge in [0.1, 0.15) is 11.6 Å². The van der Waals surface area contributed by atoms with Crippen molar-refractivity contribution in [2.24, 2.45) is 0 Å². The number of pyridine rings is 1. The molecular formula is C11H8ClF2N3. The van der Waals surface area contributed by atoms with Gasteiger partial charge in [-0.3, -0.25) is 0 Å². The Hall–Kier alpha value is -1.88. The van der Waals surface area contributed by atoms with Gasteiger partial charge in [0.15, 0.2) is 5.82 Å². The average Bonchev–Trinajstić information content (AvgIpc) is 2.27. The smallest absolute Gasteiger partial charge is 0.153 e. The first kappa shape index (κ1) is 11.6. The lowest BCUT2D eigenvalue weighted by molar-refractivity contribution is 0.603. The molecule has 0 radical (unpaired) electrons. The molecule has 6 heteroatoms. The highest BCUT2D eigenvalue weighted by atomic mass is 35.5. The number of halogens is 3. The summed E-state index contributed by atoms with van der Waals surface area (Å²) in [7, 11) is 0. The summed E-state index contributed by atoms with van der Waals surface area (Å²) in [5.74, 6) is -0.928. The predicted molar refractivity (Wildman–Crippen MR) is 63.3 cm³/mol. The van der Waals surface area contributed by atoms with Crippen LogP contribution in [-0.4, -0.2) is 4.98 Å². The highest BCUT2D eigenvalue weighted by Gasteiger charge is 2.07. The molecule has 0 saturated carbocycles. The standard InChI is InChI=1S/C11H8ClF2N3/c12-6-3-9(15)11(16-5-6)17-10-4-7(13)1-2-8(10)14/h1-5H,15H2,(H,16,17). The van der Waals surface area contributed by atoms with Crippen molar-refractivity contribution in [3.63, 3.8) is 0 Å². The van der Waals surface area contributed by atoms with Gasteiger partial charge in [-0.1, -0.05) is 11.6 Å². The third kappa shape index (κ3) is 2.62. The van der Waals surface area contributed by atoms with Crippen LogP contribution < -0.4 is 11.1 Å². The summed E-state index contributed by atoms with van der Waals surface area (Å²) in [5.41, 5.74) is 5.85. The molecule has 0 atom stereocenters. The number of nitrogens with two attached hydrogens (primary N) is 1. The van der Waals surface area contributed by atoms with Crippen molar-refractivity contribution in [3.8, 4) is 0 Å². The van der Waals surface area contributed by atoms with E-state index in [-0.39, 0.29) is 17.2 Å². The monoisotopic (exact) mass is 255 g/mol. The van der Waals surface area contributed by atoms with Gasteiger partial charge in [0.2, 0.25) is 0 Å². The summed E-state index contributed by atoms with van der Waals surface area (Å²) in [6, 6.07) is 4.53. The molecule has 0 aliphatic rings. The third-order valence-electron chi connectivity index (χ3n) is 2.07. The maximum absolute atomic E-state index is 13.3. The molecule has 17 heavy (non-hydrogen) atoms. The second kappa shape index (κ2) is 4.55. The molecule has 0 spiro atoms. The van der Waals surface area contributed by atoms with Gasteiger partial charge in [0.05, 0.1) is 16.4 Å². The molecule has 2 aromatic rings. The van der Waals surface area contributed by atoms with Crippen LogP contribution in [0.15, 0.2) is 30.5 Å². The first-order valence-corrected chi connectivity index (χ1v) is 5.07. The number of anilines is 3. The first-order valence-electron chi connectivity index (χ1n) is 4.69. The topological polar surface area (TPSA) is 50.9 Å². The minimum atomic E-state index is -0.595. The van der Waals surface area contributed by atoms with Gasteiger partial charge in [-0.15, -0.1) is 0 Å². The number of nitrogens with one attached hydrogen (secondary N) is 1. The molecular weight excluding hydrogens is 248 g/mol. The number of aromatic nitrogens is 1. The fraction of sp³-hybridized carbons (Fsp3) is 0. The van der Waals surface area contributed by atoms with Gasteiger partial charge in [0, 0.05) is 12.3 Å². The Kier molecular flexibility index (Phi) is 3.10. The molecule has 0 saturated heterocycles. The van der Waals surface area contributed by atoms with E-state index in [2.05, 4.69) is 10.3 Å². The van der Waals surface area contributed by atoms with Crippen LogP contribution in [-0.2, 0) is 0 Å². The zero-order chi connectivity index (χ0) is 12.4. The molecule has 0 amide bonds. The molecule has 0 aliphatic heterocycles. The highest BCUT2D eigenvalue weighted by molar-refractivity contribution is 6.30. The van der Waals surface area contributed by atoms with Gasteiger partial charge in [-0.2, -0.15) is 0 Å². The van der Waals surface area contributed by atoms with E-state index < -0.39 is 11.6 Å². The van der Waals surface area contributed by atoms with Crippen LogP contribution in [0, 0.1) is 11.6 Å². The number of hydrogen-bond donors (Lipinski definition) is 2. The quantitative estimate of drug-likeness (QED) is 0.865. The van der Waals surface area contributed by atoms with Crippen molar-refractivity contribution >= 4 is 28.8 Å². The van der Waals surface area contributed by atoms with Crippen molar-refractivity contribution in [3.05, 3.63) is 47.1 Å². The lowest BCUT2D eigenvalue weighted by Gasteiger charge is -2.09. The van der Waals surface area contributed by atoms with Crippen LogP contribution in [0.4, 0.5) is 26.0 Å². The number of hydrogen-bond acceptors (Lipinski definition) is 3. The SMILES string of the molecule is Nc1cc(Cl)cnc1Nc1cc(F)ccc1F. The molecule has 0 aliphatic carbocycles. The zero-order valence-corrected chi connectivity index (χ0v) is 9.30. The van der Waals surface area contributed by atoms with Gasteiger partial charge in [0.25, 0.3) is 0 Å². The Morgan fingerprint density at radius 1 is 1.24 bits per heavy atom. The van der Waals surface area contributed by atoms with Gasteiger partial charge < -0.3 is 11.1 Å². The molecule has 3 N–H and O–H groups in total. The maximum Gasteiger partial charge on any atom is 0.153 e. The van der Waals surface area contributed by atoms with Crippen molar-refractivity contribution in [2.45, 2.75) is 0 Å². The van der Waals surface area contributed by atoms with Crippen LogP contribution in [0.1, 0.15) is 0 Å². The Morgan fingerprint density at radius 3 is 2.71 bits per heavy atom. The lowest BCUT2D eigenvalue weighted by atomic mass is 10.3. The fourth-order valence-electron chi connectivity index (χ4n) is 1.28. The minimum absolute atomic E-state index is 0.0356. The number of nitrogens with zero attached hydrogens (tertiary/aromatic N) is 1. The van der Waals surface area contributed by atoms with Crippen molar-refractivity contribution < 1.29 is 8.78 Å². The van der Waals surface area contributed by atoms with Crippen molar-refractivity contribution in [2.75, 3.05) is 11.1 Å². The zero-order valence-electron chi connectivity index (χ0n) is 8.55. The van der Waals surface area contributed by atoms with Gasteiger partial charge in [-0.25, -0.2) is 13.8 Å². The molecule has 0 bridgehead atoms. The Bertz CT molecular complexity index is 560. The summed E-state index contributed by atoms with van der Waals surface area (Å²) < 4.78 is 26.3. The Labute approximate surface area is 101 Å². The summed E-state index contributed by atoms with van der Waals surface area (Å²) in [6.07, 6.45) is 1.36. The van der Waals surface area contributed by atoms with E-state index in [1.54, 1.807) is 0 Å². The fourth-order valence-corrected chi connectivity index (χ4v) is 1.45. The summed E-state index contributed by atoms with van der Waals surface area (Å²) in [4.78, 5) is 3.89. The molecule has 1 heterocycles. The molecule has 2 rings (SSSR count). The van der Waals surface area contributed by atoms with E-state index in [1.165, 1.54) is 12.3 Å². The van der Waals surface area contributed by atoms with E-state index in [0.717, 1.165) is 18.2 Å². The van der Waals surface area contributed by atoms with E-state index in [1.807, 2.05) is 0 Å². The molecule has 88 valence electrons. The van der Waals surface area contributed by atoms with Crippen LogP contribution in [0.2, 0.25) is 5.02 Å².